The van der Waals surface area contributed by atoms with E-state index in [1.807, 2.05) is 4.68 Å². The van der Waals surface area contributed by atoms with Crippen molar-refractivity contribution in [3.8, 4) is 0 Å². The van der Waals surface area contributed by atoms with Crippen molar-refractivity contribution < 1.29 is 8.42 Å². The van der Waals surface area contributed by atoms with Crippen molar-refractivity contribution in [2.45, 2.75) is 50.3 Å². The maximum atomic E-state index is 11.9. The van der Waals surface area contributed by atoms with Gasteiger partial charge in [0.25, 0.3) is 0 Å². The van der Waals surface area contributed by atoms with Crippen molar-refractivity contribution in [2.24, 2.45) is 0 Å². The van der Waals surface area contributed by atoms with Crippen molar-refractivity contribution in [1.82, 2.24) is 14.8 Å². The molecule has 3 rings (SSSR count). The molecular weight excluding hydrogens is 238 g/mol. The van der Waals surface area contributed by atoms with Crippen LogP contribution >= 0.6 is 0 Å². The van der Waals surface area contributed by atoms with Crippen LogP contribution in [0.1, 0.15) is 55.5 Å². The fraction of sp³-hybridized carbons (Fsp3) is 0.818. The molecule has 0 aliphatic carbocycles. The Balaban J connectivity index is 2.00. The number of nitrogens with zero attached hydrogens (tertiary/aromatic N) is 3. The minimum absolute atomic E-state index is 0.289. The second-order valence-electron chi connectivity index (χ2n) is 5.07. The van der Waals surface area contributed by atoms with E-state index in [1.54, 1.807) is 0 Å². The molecule has 0 N–H and O–H groups in total. The van der Waals surface area contributed by atoms with Crippen LogP contribution in [0.25, 0.3) is 0 Å². The number of fused-ring (bicyclic) bond motifs is 1. The second kappa shape index (κ2) is 3.80. The third-order valence-electron chi connectivity index (χ3n) is 3.77. The molecule has 2 aliphatic heterocycles. The number of aryl methyl sites for hydroxylation is 1. The summed E-state index contributed by atoms with van der Waals surface area (Å²) in [5, 5.41) is 3.98. The monoisotopic (exact) mass is 255 g/mol. The van der Waals surface area contributed by atoms with Gasteiger partial charge in [-0.1, -0.05) is 0 Å². The average Bonchev–Trinajstić information content (AvgIpc) is 2.81. The highest BCUT2D eigenvalue weighted by molar-refractivity contribution is 7.91. The number of hydrogen-bond donors (Lipinski definition) is 0. The van der Waals surface area contributed by atoms with E-state index in [9.17, 15) is 8.42 Å². The van der Waals surface area contributed by atoms with E-state index >= 15 is 0 Å². The lowest BCUT2D eigenvalue weighted by atomic mass is 10.1. The normalized spacial score (nSPS) is 31.4. The van der Waals surface area contributed by atoms with Gasteiger partial charge in [-0.15, -0.1) is 0 Å². The Kier molecular flexibility index (Phi) is 2.50. The predicted octanol–water partition coefficient (Wildman–Crippen LogP) is 1.43. The van der Waals surface area contributed by atoms with Gasteiger partial charge in [0.1, 0.15) is 11.1 Å². The van der Waals surface area contributed by atoms with E-state index in [4.69, 9.17) is 0 Å². The first-order chi connectivity index (χ1) is 8.08. The Hall–Kier alpha value is -0.910. The molecule has 0 amide bonds. The molecule has 17 heavy (non-hydrogen) atoms. The molecule has 2 unspecified atom stereocenters. The molecule has 6 heteroatoms. The third kappa shape index (κ3) is 1.78. The topological polar surface area (TPSA) is 64.8 Å². The Labute approximate surface area is 101 Å². The molecule has 2 atom stereocenters. The van der Waals surface area contributed by atoms with Crippen LogP contribution in [0.4, 0.5) is 0 Å². The smallest absolute Gasteiger partial charge is 0.169 e. The van der Waals surface area contributed by atoms with E-state index in [-0.39, 0.29) is 5.75 Å². The van der Waals surface area contributed by atoms with E-state index in [0.717, 1.165) is 31.5 Å². The van der Waals surface area contributed by atoms with Gasteiger partial charge in [0.2, 0.25) is 0 Å². The Morgan fingerprint density at radius 1 is 1.29 bits per heavy atom. The van der Waals surface area contributed by atoms with Gasteiger partial charge in [0, 0.05) is 6.42 Å². The van der Waals surface area contributed by atoms with Crippen molar-refractivity contribution in [1.29, 1.82) is 0 Å². The summed E-state index contributed by atoms with van der Waals surface area (Å²) in [7, 11) is -3.00. The van der Waals surface area contributed by atoms with E-state index in [2.05, 4.69) is 17.0 Å². The largest absolute Gasteiger partial charge is 0.247 e. The van der Waals surface area contributed by atoms with Gasteiger partial charge in [-0.3, -0.25) is 0 Å². The minimum Gasteiger partial charge on any atom is -0.247 e. The lowest BCUT2D eigenvalue weighted by Gasteiger charge is -2.18. The van der Waals surface area contributed by atoms with Crippen LogP contribution in [-0.2, 0) is 16.3 Å². The Bertz CT molecular complexity index is 535. The summed E-state index contributed by atoms with van der Waals surface area (Å²) in [6.07, 6.45) is 4.57. The molecule has 0 saturated carbocycles. The quantitative estimate of drug-likeness (QED) is 0.761. The molecule has 0 bridgehead atoms. The zero-order chi connectivity index (χ0) is 12.0. The van der Waals surface area contributed by atoms with Gasteiger partial charge in [0.15, 0.2) is 15.7 Å². The molecule has 3 heterocycles. The maximum Gasteiger partial charge on any atom is 0.169 e. The number of rotatable bonds is 1. The summed E-state index contributed by atoms with van der Waals surface area (Å²) < 4.78 is 25.7. The Morgan fingerprint density at radius 3 is 2.76 bits per heavy atom. The van der Waals surface area contributed by atoms with Crippen LogP contribution in [0.3, 0.4) is 0 Å². The van der Waals surface area contributed by atoms with Crippen LogP contribution < -0.4 is 0 Å². The van der Waals surface area contributed by atoms with Crippen LogP contribution in [-0.4, -0.2) is 28.9 Å². The number of aromatic nitrogens is 3. The summed E-state index contributed by atoms with van der Waals surface area (Å²) in [4.78, 5) is 4.45. The lowest BCUT2D eigenvalue weighted by molar-refractivity contribution is 0.387. The molecule has 0 radical (unpaired) electrons. The van der Waals surface area contributed by atoms with Crippen LogP contribution in [0.15, 0.2) is 0 Å². The fourth-order valence-electron chi connectivity index (χ4n) is 2.79. The van der Waals surface area contributed by atoms with Crippen molar-refractivity contribution >= 4 is 9.84 Å². The molecule has 94 valence electrons. The van der Waals surface area contributed by atoms with Gasteiger partial charge in [-0.2, -0.15) is 5.10 Å². The van der Waals surface area contributed by atoms with E-state index < -0.39 is 15.1 Å². The molecular formula is C11H17N3O2S. The second-order valence-corrected chi connectivity index (χ2v) is 7.37. The van der Waals surface area contributed by atoms with Crippen molar-refractivity contribution in [3.63, 3.8) is 0 Å². The highest BCUT2D eigenvalue weighted by Gasteiger charge is 2.36. The molecule has 1 aromatic heterocycles. The van der Waals surface area contributed by atoms with E-state index in [1.165, 1.54) is 0 Å². The van der Waals surface area contributed by atoms with Crippen LogP contribution in [0.2, 0.25) is 0 Å². The SMILES string of the molecule is CC1CCCc2nc(C3CCCS3(=O)=O)nn21. The molecule has 1 aromatic rings. The summed E-state index contributed by atoms with van der Waals surface area (Å²) in [5.74, 6) is 1.78. The van der Waals surface area contributed by atoms with Gasteiger partial charge >= 0.3 is 0 Å². The number of hydrogen-bond acceptors (Lipinski definition) is 4. The van der Waals surface area contributed by atoms with Crippen molar-refractivity contribution in [3.05, 3.63) is 11.6 Å². The number of sulfone groups is 1. The summed E-state index contributed by atoms with van der Waals surface area (Å²) in [6.45, 7) is 2.12. The lowest BCUT2D eigenvalue weighted by Crippen LogP contribution is -2.16. The highest BCUT2D eigenvalue weighted by Crippen LogP contribution is 2.34. The minimum atomic E-state index is -3.00. The summed E-state index contributed by atoms with van der Waals surface area (Å²) >= 11 is 0. The standard InChI is InChI=1S/C11H17N3O2S/c1-8-4-2-6-10-12-11(13-14(8)10)9-5-3-7-17(9,15)16/h8-9H,2-7H2,1H3. The highest BCUT2D eigenvalue weighted by atomic mass is 32.2. The van der Waals surface area contributed by atoms with Crippen molar-refractivity contribution in [2.75, 3.05) is 5.75 Å². The summed E-state index contributed by atoms with van der Waals surface area (Å²) in [6, 6.07) is 0.351. The van der Waals surface area contributed by atoms with Gasteiger partial charge in [-0.25, -0.2) is 18.1 Å². The van der Waals surface area contributed by atoms with Gasteiger partial charge < -0.3 is 0 Å². The molecule has 0 aromatic carbocycles. The zero-order valence-electron chi connectivity index (χ0n) is 9.96. The zero-order valence-corrected chi connectivity index (χ0v) is 10.8. The molecule has 0 spiro atoms. The fourth-order valence-corrected chi connectivity index (χ4v) is 4.59. The molecule has 5 nitrogen and oxygen atoms in total. The van der Waals surface area contributed by atoms with Gasteiger partial charge in [-0.05, 0) is 32.6 Å². The molecule has 1 saturated heterocycles. The summed E-state index contributed by atoms with van der Waals surface area (Å²) in [5.41, 5.74) is 0. The van der Waals surface area contributed by atoms with Crippen LogP contribution in [0.5, 0.6) is 0 Å². The molecule has 1 fully saturated rings. The van der Waals surface area contributed by atoms with Crippen LogP contribution in [0, 0.1) is 0 Å². The first-order valence-corrected chi connectivity index (χ1v) is 7.96. The van der Waals surface area contributed by atoms with Gasteiger partial charge in [0.05, 0.1) is 11.8 Å². The first kappa shape index (κ1) is 11.2. The first-order valence-electron chi connectivity index (χ1n) is 6.25. The maximum absolute atomic E-state index is 11.9. The Morgan fingerprint density at radius 2 is 2.12 bits per heavy atom. The van der Waals surface area contributed by atoms with E-state index in [0.29, 0.717) is 18.3 Å². The molecule has 2 aliphatic rings. The average molecular weight is 255 g/mol. The predicted molar refractivity (Wildman–Crippen MR) is 63.4 cm³/mol. The third-order valence-corrected chi connectivity index (χ3v) is 5.95.